The molecule has 1 heterocycles. The highest BCUT2D eigenvalue weighted by molar-refractivity contribution is 8.27. The van der Waals surface area contributed by atoms with E-state index in [1.54, 1.807) is 60.7 Å². The third-order valence-electron chi connectivity index (χ3n) is 5.11. The average molecular weight is 578 g/mol. The Morgan fingerprint density at radius 2 is 1.67 bits per heavy atom. The number of thiocarbonyl (C=S) groups is 1. The molecular weight excluding hydrogens is 559 g/mol. The second-order valence-electron chi connectivity index (χ2n) is 7.80. The fraction of sp³-hybridized carbons (Fsp3) is 0.115. The summed E-state index contributed by atoms with van der Waals surface area (Å²) in [6, 6.07) is 23.0. The van der Waals surface area contributed by atoms with Crippen LogP contribution in [0, 0.1) is 6.92 Å². The number of aryl methyl sites for hydroxylation is 1. The summed E-state index contributed by atoms with van der Waals surface area (Å²) in [5.74, 6) is -0.266. The van der Waals surface area contributed by atoms with Crippen molar-refractivity contribution in [2.24, 2.45) is 0 Å². The average Bonchev–Trinajstić information content (AvgIpc) is 3.13. The Morgan fingerprint density at radius 1 is 1.03 bits per heavy atom. The van der Waals surface area contributed by atoms with Crippen molar-refractivity contribution in [2.75, 3.05) is 4.90 Å². The first-order valence-electron chi connectivity index (χ1n) is 10.7. The quantitative estimate of drug-likeness (QED) is 0.149. The minimum atomic E-state index is -1.92. The Balaban J connectivity index is 1.47. The van der Waals surface area contributed by atoms with Gasteiger partial charge in [0.2, 0.25) is 10.0 Å². The Morgan fingerprint density at radius 3 is 2.28 bits per heavy atom. The third kappa shape index (κ3) is 6.41. The molecule has 36 heavy (non-hydrogen) atoms. The van der Waals surface area contributed by atoms with E-state index in [1.807, 2.05) is 31.2 Å². The van der Waals surface area contributed by atoms with Gasteiger partial charge in [-0.1, -0.05) is 107 Å². The molecule has 0 saturated carbocycles. The number of hydrogen-bond donors (Lipinski definition) is 1. The van der Waals surface area contributed by atoms with Crippen molar-refractivity contribution in [1.82, 2.24) is 5.32 Å². The number of halogens is 3. The molecular formula is C26H19Cl3N2O3S2. The monoisotopic (exact) mass is 576 g/mol. The molecule has 3 aromatic rings. The smallest absolute Gasteiger partial charge is 0.270 e. The van der Waals surface area contributed by atoms with Gasteiger partial charge in [-0.05, 0) is 55.0 Å². The Labute approximate surface area is 233 Å². The number of ether oxygens (including phenoxy) is 1. The van der Waals surface area contributed by atoms with Crippen LogP contribution in [0.4, 0.5) is 5.69 Å². The summed E-state index contributed by atoms with van der Waals surface area (Å²) >= 11 is 24.8. The number of carbonyl (C=O) groups is 2. The zero-order valence-electron chi connectivity index (χ0n) is 18.8. The lowest BCUT2D eigenvalue weighted by Crippen LogP contribution is -2.47. The number of anilines is 1. The second-order valence-corrected chi connectivity index (χ2v) is 11.8. The predicted molar refractivity (Wildman–Crippen MR) is 152 cm³/mol. The summed E-state index contributed by atoms with van der Waals surface area (Å²) < 4.78 is 4.31. The van der Waals surface area contributed by atoms with E-state index < -0.39 is 15.9 Å². The molecule has 0 radical (unpaired) electrons. The Hall–Kier alpha value is -2.55. The van der Waals surface area contributed by atoms with Crippen LogP contribution >= 0.6 is 58.8 Å². The zero-order chi connectivity index (χ0) is 25.9. The first-order chi connectivity index (χ1) is 17.1. The summed E-state index contributed by atoms with van der Waals surface area (Å²) in [5, 5.41) is 2.59. The lowest BCUT2D eigenvalue weighted by atomic mass is 10.2. The molecule has 1 atom stereocenters. The number of nitrogens with one attached hydrogen (secondary N) is 1. The maximum atomic E-state index is 13.0. The lowest BCUT2D eigenvalue weighted by Gasteiger charge is -2.26. The largest absolute Gasteiger partial charge is 0.466 e. The normalized spacial score (nSPS) is 15.8. The summed E-state index contributed by atoms with van der Waals surface area (Å²) in [6.45, 7) is 1.98. The van der Waals surface area contributed by atoms with Gasteiger partial charge in [0, 0.05) is 5.56 Å². The third-order valence-corrected chi connectivity index (χ3v) is 7.01. The van der Waals surface area contributed by atoms with Gasteiger partial charge in [-0.2, -0.15) is 0 Å². The SMILES string of the molecule is Cc1ccc(N2C(=O)/C(=C/c3ccc(O[C@@H](NC(=O)c4ccccc4)C(Cl)(Cl)Cl)cc3)SC2=S)cc1. The van der Waals surface area contributed by atoms with Crippen LogP contribution in [0.1, 0.15) is 21.5 Å². The van der Waals surface area contributed by atoms with E-state index in [0.29, 0.717) is 20.5 Å². The molecule has 5 nitrogen and oxygen atoms in total. The van der Waals surface area contributed by atoms with Crippen LogP contribution in [0.5, 0.6) is 5.75 Å². The molecule has 1 aliphatic heterocycles. The highest BCUT2D eigenvalue weighted by Crippen LogP contribution is 2.36. The molecule has 1 saturated heterocycles. The second kappa shape index (κ2) is 11.2. The summed E-state index contributed by atoms with van der Waals surface area (Å²) in [5.41, 5.74) is 2.98. The van der Waals surface area contributed by atoms with Gasteiger partial charge in [0.05, 0.1) is 10.6 Å². The molecule has 0 unspecified atom stereocenters. The summed E-state index contributed by atoms with van der Waals surface area (Å²) in [7, 11) is 0. The van der Waals surface area contributed by atoms with Gasteiger partial charge in [0.25, 0.3) is 11.8 Å². The molecule has 184 valence electrons. The minimum Gasteiger partial charge on any atom is -0.466 e. The van der Waals surface area contributed by atoms with E-state index in [4.69, 9.17) is 51.8 Å². The van der Waals surface area contributed by atoms with Gasteiger partial charge in [-0.3, -0.25) is 14.5 Å². The number of benzene rings is 3. The Kier molecular flexibility index (Phi) is 8.27. The molecule has 1 fully saturated rings. The number of thioether (sulfide) groups is 1. The van der Waals surface area contributed by atoms with Crippen LogP contribution in [-0.4, -0.2) is 26.2 Å². The van der Waals surface area contributed by atoms with Crippen LogP contribution in [0.3, 0.4) is 0 Å². The number of rotatable bonds is 6. The van der Waals surface area contributed by atoms with Crippen LogP contribution in [0.25, 0.3) is 6.08 Å². The van der Waals surface area contributed by atoms with Gasteiger partial charge < -0.3 is 10.1 Å². The van der Waals surface area contributed by atoms with Crippen molar-refractivity contribution in [3.05, 3.63) is 100 Å². The fourth-order valence-corrected chi connectivity index (χ4v) is 4.88. The van der Waals surface area contributed by atoms with Gasteiger partial charge in [0.1, 0.15) is 5.75 Å². The van der Waals surface area contributed by atoms with Gasteiger partial charge in [-0.25, -0.2) is 0 Å². The molecule has 2 amide bonds. The molecule has 1 aliphatic rings. The Bertz CT molecular complexity index is 1310. The standard InChI is InChI=1S/C26H19Cl3N2O3S2/c1-16-7-11-19(12-8-16)31-23(33)21(36-25(31)35)15-17-9-13-20(14-10-17)34-24(26(27,28)29)30-22(32)18-5-3-2-4-6-18/h2-15,24H,1H3,(H,30,32)/b21-15-/t24-/m1/s1. The van der Waals surface area contributed by atoms with Gasteiger partial charge >= 0.3 is 0 Å². The van der Waals surface area contributed by atoms with E-state index >= 15 is 0 Å². The van der Waals surface area contributed by atoms with Crippen LogP contribution in [0.2, 0.25) is 0 Å². The maximum absolute atomic E-state index is 13.0. The van der Waals surface area contributed by atoms with Gasteiger partial charge in [0.15, 0.2) is 4.32 Å². The number of carbonyl (C=O) groups excluding carboxylic acids is 2. The summed E-state index contributed by atoms with van der Waals surface area (Å²) in [6.07, 6.45) is 0.507. The zero-order valence-corrected chi connectivity index (χ0v) is 22.7. The number of hydrogen-bond acceptors (Lipinski definition) is 5. The van der Waals surface area contributed by atoms with E-state index in [-0.39, 0.29) is 5.91 Å². The molecule has 0 aromatic heterocycles. The molecule has 0 spiro atoms. The van der Waals surface area contributed by atoms with Crippen LogP contribution in [-0.2, 0) is 4.79 Å². The van der Waals surface area contributed by atoms with Crippen molar-refractivity contribution in [1.29, 1.82) is 0 Å². The van der Waals surface area contributed by atoms with Crippen LogP contribution < -0.4 is 15.0 Å². The van der Waals surface area contributed by atoms with Crippen molar-refractivity contribution in [3.63, 3.8) is 0 Å². The number of nitrogens with zero attached hydrogens (tertiary/aromatic N) is 1. The summed E-state index contributed by atoms with van der Waals surface area (Å²) in [4.78, 5) is 27.5. The first-order valence-corrected chi connectivity index (χ1v) is 13.0. The van der Waals surface area contributed by atoms with Crippen molar-refractivity contribution in [3.8, 4) is 5.75 Å². The lowest BCUT2D eigenvalue weighted by molar-refractivity contribution is -0.113. The van der Waals surface area contributed by atoms with E-state index in [2.05, 4.69) is 5.32 Å². The molecule has 3 aromatic carbocycles. The predicted octanol–water partition coefficient (Wildman–Crippen LogP) is 6.91. The number of amides is 2. The highest BCUT2D eigenvalue weighted by atomic mass is 35.6. The van der Waals surface area contributed by atoms with Crippen molar-refractivity contribution in [2.45, 2.75) is 16.9 Å². The molecule has 0 bridgehead atoms. The van der Waals surface area contributed by atoms with E-state index in [9.17, 15) is 9.59 Å². The van der Waals surface area contributed by atoms with E-state index in [1.165, 1.54) is 16.7 Å². The van der Waals surface area contributed by atoms with Gasteiger partial charge in [-0.15, -0.1) is 0 Å². The fourth-order valence-electron chi connectivity index (χ4n) is 3.28. The number of alkyl halides is 3. The topological polar surface area (TPSA) is 58.6 Å². The molecule has 4 rings (SSSR count). The molecule has 10 heteroatoms. The molecule has 1 N–H and O–H groups in total. The van der Waals surface area contributed by atoms with E-state index in [0.717, 1.165) is 16.8 Å². The van der Waals surface area contributed by atoms with Crippen LogP contribution in [0.15, 0.2) is 83.8 Å². The van der Waals surface area contributed by atoms with Crippen molar-refractivity contribution >= 4 is 86.7 Å². The van der Waals surface area contributed by atoms with Crippen molar-refractivity contribution < 1.29 is 14.3 Å². The first kappa shape index (κ1) is 26.5. The maximum Gasteiger partial charge on any atom is 0.270 e. The minimum absolute atomic E-state index is 0.186. The highest BCUT2D eigenvalue weighted by Gasteiger charge is 2.36. The molecule has 0 aliphatic carbocycles.